The van der Waals surface area contributed by atoms with Crippen LogP contribution >= 0.6 is 12.2 Å². The zero-order chi connectivity index (χ0) is 21.3. The van der Waals surface area contributed by atoms with Crippen LogP contribution in [0, 0.1) is 0 Å². The molecule has 0 spiro atoms. The van der Waals surface area contributed by atoms with E-state index in [1.165, 1.54) is 0 Å². The summed E-state index contributed by atoms with van der Waals surface area (Å²) in [6.07, 6.45) is 3.97. The van der Waals surface area contributed by atoms with Crippen LogP contribution in [-0.2, 0) is 0 Å². The van der Waals surface area contributed by atoms with Crippen LogP contribution in [0.4, 0.5) is 5.69 Å². The molecule has 0 aromatic heterocycles. The first-order valence-electron chi connectivity index (χ1n) is 10.3. The highest BCUT2D eigenvalue weighted by molar-refractivity contribution is 7.80. The van der Waals surface area contributed by atoms with Gasteiger partial charge >= 0.3 is 0 Å². The number of unbranched alkanes of at least 4 members (excludes halogenated alkanes) is 1. The average Bonchev–Trinajstić information content (AvgIpc) is 3.29. The molecule has 1 saturated heterocycles. The minimum atomic E-state index is -0.358. The van der Waals surface area contributed by atoms with E-state index in [4.69, 9.17) is 17.0 Å². The predicted octanol–water partition coefficient (Wildman–Crippen LogP) is 4.23. The van der Waals surface area contributed by atoms with E-state index >= 15 is 0 Å². The van der Waals surface area contributed by atoms with Crippen LogP contribution in [0.3, 0.4) is 0 Å². The standard InChI is InChI=1S/C23H27N3O3S/c1-2-3-16-29-20-13-7-5-11-18(20)21(27)25-23(30)24-19-12-6-4-10-17(19)22(28)26-14-8-9-15-26/h4-7,10-13H,2-3,8-9,14-16H2,1H3,(H2,24,25,27,30). The summed E-state index contributed by atoms with van der Waals surface area (Å²) in [5.74, 6) is 0.137. The molecule has 3 rings (SSSR count). The zero-order valence-electron chi connectivity index (χ0n) is 17.1. The number of thiocarbonyl (C=S) groups is 1. The van der Waals surface area contributed by atoms with Gasteiger partial charge in [0.15, 0.2) is 5.11 Å². The highest BCUT2D eigenvalue weighted by Gasteiger charge is 2.22. The van der Waals surface area contributed by atoms with Crippen LogP contribution in [0.5, 0.6) is 5.75 Å². The second-order valence-electron chi connectivity index (χ2n) is 7.15. The number of likely N-dealkylation sites (tertiary alicyclic amines) is 1. The lowest BCUT2D eigenvalue weighted by molar-refractivity contribution is 0.0793. The van der Waals surface area contributed by atoms with Crippen molar-refractivity contribution in [2.24, 2.45) is 0 Å². The number of carbonyl (C=O) groups excluding carboxylic acids is 2. The van der Waals surface area contributed by atoms with Crippen LogP contribution in [0.1, 0.15) is 53.3 Å². The van der Waals surface area contributed by atoms with Gasteiger partial charge in [0, 0.05) is 13.1 Å². The summed E-state index contributed by atoms with van der Waals surface area (Å²) >= 11 is 5.33. The molecule has 7 heteroatoms. The van der Waals surface area contributed by atoms with Crippen molar-refractivity contribution in [2.45, 2.75) is 32.6 Å². The fourth-order valence-corrected chi connectivity index (χ4v) is 3.50. The van der Waals surface area contributed by atoms with Crippen molar-refractivity contribution in [1.29, 1.82) is 0 Å². The largest absolute Gasteiger partial charge is 0.493 e. The van der Waals surface area contributed by atoms with Gasteiger partial charge in [-0.1, -0.05) is 37.6 Å². The Morgan fingerprint density at radius 1 is 1.03 bits per heavy atom. The average molecular weight is 426 g/mol. The lowest BCUT2D eigenvalue weighted by atomic mass is 10.1. The van der Waals surface area contributed by atoms with Gasteiger partial charge in [-0.15, -0.1) is 0 Å². The molecule has 2 amide bonds. The fourth-order valence-electron chi connectivity index (χ4n) is 3.30. The van der Waals surface area contributed by atoms with E-state index in [1.54, 1.807) is 30.3 Å². The number of benzene rings is 2. The van der Waals surface area contributed by atoms with E-state index in [1.807, 2.05) is 23.1 Å². The molecule has 1 fully saturated rings. The van der Waals surface area contributed by atoms with E-state index in [0.717, 1.165) is 38.8 Å². The minimum Gasteiger partial charge on any atom is -0.493 e. The predicted molar refractivity (Wildman–Crippen MR) is 122 cm³/mol. The van der Waals surface area contributed by atoms with Crippen molar-refractivity contribution in [1.82, 2.24) is 10.2 Å². The van der Waals surface area contributed by atoms with E-state index < -0.39 is 0 Å². The number of para-hydroxylation sites is 2. The van der Waals surface area contributed by atoms with Crippen molar-refractivity contribution in [3.63, 3.8) is 0 Å². The van der Waals surface area contributed by atoms with Crippen molar-refractivity contribution >= 4 is 34.8 Å². The molecule has 1 aliphatic heterocycles. The first kappa shape index (κ1) is 21.8. The summed E-state index contributed by atoms with van der Waals surface area (Å²) in [7, 11) is 0. The first-order valence-corrected chi connectivity index (χ1v) is 10.7. The van der Waals surface area contributed by atoms with Crippen LogP contribution in [0.15, 0.2) is 48.5 Å². The summed E-state index contributed by atoms with van der Waals surface area (Å²) < 4.78 is 5.73. The van der Waals surface area contributed by atoms with Crippen molar-refractivity contribution in [3.8, 4) is 5.75 Å². The fraction of sp³-hybridized carbons (Fsp3) is 0.348. The Balaban J connectivity index is 1.67. The molecule has 2 aromatic carbocycles. The number of ether oxygens (including phenoxy) is 1. The third-order valence-corrected chi connectivity index (χ3v) is 5.12. The molecule has 0 aliphatic carbocycles. The number of rotatable bonds is 7. The summed E-state index contributed by atoms with van der Waals surface area (Å²) in [6.45, 7) is 4.17. The maximum atomic E-state index is 12.8. The van der Waals surface area contributed by atoms with Gasteiger partial charge in [-0.2, -0.15) is 0 Å². The summed E-state index contributed by atoms with van der Waals surface area (Å²) in [5.41, 5.74) is 1.53. The van der Waals surface area contributed by atoms with Gasteiger partial charge in [0.25, 0.3) is 11.8 Å². The van der Waals surface area contributed by atoms with Gasteiger partial charge in [-0.05, 0) is 55.7 Å². The maximum Gasteiger partial charge on any atom is 0.261 e. The molecule has 0 unspecified atom stereocenters. The Morgan fingerprint density at radius 3 is 2.43 bits per heavy atom. The topological polar surface area (TPSA) is 70.7 Å². The molecule has 2 aromatic rings. The van der Waals surface area contributed by atoms with Gasteiger partial charge < -0.3 is 15.0 Å². The van der Waals surface area contributed by atoms with Gasteiger partial charge in [0.1, 0.15) is 5.75 Å². The molecule has 0 saturated carbocycles. The van der Waals surface area contributed by atoms with E-state index in [2.05, 4.69) is 17.6 Å². The lowest BCUT2D eigenvalue weighted by Gasteiger charge is -2.19. The molecule has 1 heterocycles. The van der Waals surface area contributed by atoms with E-state index in [0.29, 0.717) is 29.2 Å². The number of nitrogens with one attached hydrogen (secondary N) is 2. The third-order valence-electron chi connectivity index (χ3n) is 4.91. The second-order valence-corrected chi connectivity index (χ2v) is 7.56. The molecule has 30 heavy (non-hydrogen) atoms. The normalized spacial score (nSPS) is 13.0. The molecule has 158 valence electrons. The van der Waals surface area contributed by atoms with Crippen molar-refractivity contribution in [2.75, 3.05) is 25.0 Å². The Morgan fingerprint density at radius 2 is 1.70 bits per heavy atom. The highest BCUT2D eigenvalue weighted by atomic mass is 32.1. The quantitative estimate of drug-likeness (QED) is 0.513. The summed E-state index contributed by atoms with van der Waals surface area (Å²) in [5, 5.41) is 5.82. The van der Waals surface area contributed by atoms with Crippen LogP contribution in [-0.4, -0.2) is 41.5 Å². The van der Waals surface area contributed by atoms with E-state index in [9.17, 15) is 9.59 Å². The van der Waals surface area contributed by atoms with Crippen molar-refractivity contribution in [3.05, 3.63) is 59.7 Å². The highest BCUT2D eigenvalue weighted by Crippen LogP contribution is 2.21. The second kappa shape index (κ2) is 10.7. The molecule has 6 nitrogen and oxygen atoms in total. The molecular formula is C23H27N3O3S. The monoisotopic (exact) mass is 425 g/mol. The maximum absolute atomic E-state index is 12.8. The first-order chi connectivity index (χ1) is 14.6. The van der Waals surface area contributed by atoms with E-state index in [-0.39, 0.29) is 16.9 Å². The number of hydrogen-bond donors (Lipinski definition) is 2. The number of anilines is 1. The molecule has 1 aliphatic rings. The zero-order valence-corrected chi connectivity index (χ0v) is 18.0. The Kier molecular flexibility index (Phi) is 7.79. The Hall–Kier alpha value is -2.93. The van der Waals surface area contributed by atoms with Gasteiger partial charge in [0.2, 0.25) is 0 Å². The SMILES string of the molecule is CCCCOc1ccccc1C(=O)NC(=S)Nc1ccccc1C(=O)N1CCCC1. The third kappa shape index (κ3) is 5.57. The van der Waals surface area contributed by atoms with Crippen LogP contribution in [0.25, 0.3) is 0 Å². The lowest BCUT2D eigenvalue weighted by Crippen LogP contribution is -2.35. The number of nitrogens with zero attached hydrogens (tertiary/aromatic N) is 1. The minimum absolute atomic E-state index is 0.0283. The van der Waals surface area contributed by atoms with Crippen molar-refractivity contribution < 1.29 is 14.3 Å². The Labute approximate surface area is 182 Å². The number of carbonyl (C=O) groups is 2. The summed E-state index contributed by atoms with van der Waals surface area (Å²) in [4.78, 5) is 27.4. The summed E-state index contributed by atoms with van der Waals surface area (Å²) in [6, 6.07) is 14.3. The smallest absolute Gasteiger partial charge is 0.261 e. The Bertz CT molecular complexity index is 910. The molecule has 2 N–H and O–H groups in total. The number of amides is 2. The van der Waals surface area contributed by atoms with Crippen LogP contribution in [0.2, 0.25) is 0 Å². The molecular weight excluding hydrogens is 398 g/mol. The van der Waals surface area contributed by atoms with Gasteiger partial charge in [0.05, 0.1) is 23.4 Å². The molecule has 0 radical (unpaired) electrons. The molecule has 0 atom stereocenters. The number of hydrogen-bond acceptors (Lipinski definition) is 4. The van der Waals surface area contributed by atoms with Crippen LogP contribution < -0.4 is 15.4 Å². The molecule has 0 bridgehead atoms. The van der Waals surface area contributed by atoms with Gasteiger partial charge in [-0.25, -0.2) is 0 Å². The van der Waals surface area contributed by atoms with Gasteiger partial charge in [-0.3, -0.25) is 14.9 Å².